The van der Waals surface area contributed by atoms with Crippen molar-refractivity contribution in [1.29, 1.82) is 0 Å². The number of para-hydroxylation sites is 1. The molecule has 1 aliphatic rings. The molecule has 6 nitrogen and oxygen atoms in total. The molecule has 0 saturated heterocycles. The summed E-state index contributed by atoms with van der Waals surface area (Å²) in [5, 5.41) is 0. The number of anilines is 1. The van der Waals surface area contributed by atoms with Gasteiger partial charge in [0, 0.05) is 23.4 Å². The average Bonchev–Trinajstić information content (AvgIpc) is 3.00. The Labute approximate surface area is 226 Å². The molecule has 0 spiro atoms. The molecule has 0 bridgehead atoms. The number of amides is 1. The number of fused-ring (bicyclic) bond motifs is 2. The Hall–Kier alpha value is -4.84. The lowest BCUT2D eigenvalue weighted by atomic mass is 10.0. The third-order valence-corrected chi connectivity index (χ3v) is 7.00. The average molecular weight is 514 g/mol. The Balaban J connectivity index is 1.29. The first-order chi connectivity index (χ1) is 19.1. The number of aromatic nitrogens is 2. The molecule has 0 aliphatic carbocycles. The van der Waals surface area contributed by atoms with Gasteiger partial charge in [-0.15, -0.1) is 0 Å². The molecule has 5 aromatic rings. The molecule has 0 saturated carbocycles. The smallest absolute Gasteiger partial charge is 0.338 e. The minimum atomic E-state index is -0.925. The second-order valence-electron chi connectivity index (χ2n) is 9.63. The monoisotopic (exact) mass is 513 g/mol. The fraction of sp³-hybridized carbons (Fsp3) is 0.152. The van der Waals surface area contributed by atoms with E-state index in [2.05, 4.69) is 0 Å². The van der Waals surface area contributed by atoms with Gasteiger partial charge in [0.1, 0.15) is 0 Å². The van der Waals surface area contributed by atoms with Gasteiger partial charge in [-0.2, -0.15) is 0 Å². The molecule has 6 rings (SSSR count). The number of rotatable bonds is 5. The minimum absolute atomic E-state index is 0.227. The minimum Gasteiger partial charge on any atom is -0.449 e. The van der Waals surface area contributed by atoms with Crippen LogP contribution in [0.5, 0.6) is 0 Å². The molecule has 1 unspecified atom stereocenters. The number of carbonyl (C=O) groups excluding carboxylic acids is 2. The van der Waals surface area contributed by atoms with Crippen molar-refractivity contribution in [3.05, 3.63) is 114 Å². The van der Waals surface area contributed by atoms with Crippen LogP contribution in [-0.4, -0.2) is 34.5 Å². The quantitative estimate of drug-likeness (QED) is 0.251. The Morgan fingerprint density at radius 2 is 1.38 bits per heavy atom. The van der Waals surface area contributed by atoms with Gasteiger partial charge in [-0.05, 0) is 49.6 Å². The van der Waals surface area contributed by atoms with Crippen molar-refractivity contribution < 1.29 is 14.3 Å². The van der Waals surface area contributed by atoms with Gasteiger partial charge in [-0.3, -0.25) is 4.79 Å². The third kappa shape index (κ3) is 4.89. The highest BCUT2D eigenvalue weighted by Gasteiger charge is 2.28. The zero-order valence-corrected chi connectivity index (χ0v) is 21.6. The Morgan fingerprint density at radius 3 is 2.08 bits per heavy atom. The number of ether oxygens (including phenoxy) is 1. The van der Waals surface area contributed by atoms with Crippen molar-refractivity contribution in [3.63, 3.8) is 0 Å². The highest BCUT2D eigenvalue weighted by atomic mass is 16.5. The Morgan fingerprint density at radius 1 is 0.769 bits per heavy atom. The van der Waals surface area contributed by atoms with E-state index in [0.29, 0.717) is 23.1 Å². The molecule has 2 heterocycles. The van der Waals surface area contributed by atoms with Crippen molar-refractivity contribution in [2.45, 2.75) is 25.9 Å². The number of aryl methyl sites for hydroxylation is 1. The third-order valence-electron chi connectivity index (χ3n) is 7.00. The summed E-state index contributed by atoms with van der Waals surface area (Å²) in [4.78, 5) is 37.9. The summed E-state index contributed by atoms with van der Waals surface area (Å²) in [5.41, 5.74) is 6.97. The summed E-state index contributed by atoms with van der Waals surface area (Å²) < 4.78 is 5.64. The number of nitrogens with zero attached hydrogens (tertiary/aromatic N) is 3. The van der Waals surface area contributed by atoms with Crippen molar-refractivity contribution in [2.75, 3.05) is 11.4 Å². The van der Waals surface area contributed by atoms with E-state index in [1.54, 1.807) is 30.0 Å². The molecule has 1 aromatic heterocycles. The first-order valence-corrected chi connectivity index (χ1v) is 13.1. The molecule has 192 valence electrons. The number of hydrogen-bond donors (Lipinski definition) is 0. The van der Waals surface area contributed by atoms with Gasteiger partial charge >= 0.3 is 5.97 Å². The van der Waals surface area contributed by atoms with E-state index in [4.69, 9.17) is 14.7 Å². The summed E-state index contributed by atoms with van der Waals surface area (Å²) in [7, 11) is 0. The van der Waals surface area contributed by atoms with Crippen LogP contribution in [0.2, 0.25) is 0 Å². The first-order valence-electron chi connectivity index (χ1n) is 13.1. The molecular weight excluding hydrogens is 486 g/mol. The largest absolute Gasteiger partial charge is 0.449 e. The van der Waals surface area contributed by atoms with Gasteiger partial charge in [0.25, 0.3) is 5.91 Å². The topological polar surface area (TPSA) is 72.4 Å². The summed E-state index contributed by atoms with van der Waals surface area (Å²) in [6.07, 6.45) is 0.885. The van der Waals surface area contributed by atoms with Crippen LogP contribution >= 0.6 is 0 Å². The molecule has 6 heteroatoms. The maximum atomic E-state index is 13.2. The molecular formula is C33H27N3O3. The molecule has 0 N–H and O–H groups in total. The molecule has 1 aliphatic heterocycles. The lowest BCUT2D eigenvalue weighted by Gasteiger charge is -2.31. The SMILES string of the molecule is CC(OC(=O)c1ccc2nc(-c3ccccc3)c(-c3ccccc3)nc2c1)C(=O)N1CCCc2ccccc21. The molecule has 1 amide bonds. The number of esters is 1. The van der Waals surface area contributed by atoms with E-state index < -0.39 is 12.1 Å². The standard InChI is InChI=1S/C33H27N3O3/c1-22(32(37)36-20-10-16-23-11-8-9-17-29(23)36)39-33(38)26-18-19-27-28(21-26)35-31(25-14-6-3-7-15-25)30(34-27)24-12-4-2-5-13-24/h2-9,11-15,17-19,21-22H,10,16,20H2,1H3. The lowest BCUT2D eigenvalue weighted by Crippen LogP contribution is -2.42. The second kappa shape index (κ2) is 10.5. The van der Waals surface area contributed by atoms with E-state index in [-0.39, 0.29) is 5.91 Å². The van der Waals surface area contributed by atoms with Gasteiger partial charge in [0.05, 0.1) is 28.0 Å². The van der Waals surface area contributed by atoms with E-state index in [0.717, 1.165) is 46.6 Å². The summed E-state index contributed by atoms with van der Waals surface area (Å²) in [6.45, 7) is 2.23. The predicted octanol–water partition coefficient (Wildman–Crippen LogP) is 6.49. The van der Waals surface area contributed by atoms with Crippen LogP contribution in [0.25, 0.3) is 33.5 Å². The highest BCUT2D eigenvalue weighted by molar-refractivity contribution is 6.00. The van der Waals surface area contributed by atoms with Crippen molar-refractivity contribution >= 4 is 28.6 Å². The maximum Gasteiger partial charge on any atom is 0.338 e. The number of carbonyl (C=O) groups is 2. The van der Waals surface area contributed by atoms with Crippen molar-refractivity contribution in [1.82, 2.24) is 9.97 Å². The fourth-order valence-corrected chi connectivity index (χ4v) is 5.04. The van der Waals surface area contributed by atoms with Crippen molar-refractivity contribution in [3.8, 4) is 22.5 Å². The van der Waals surface area contributed by atoms with E-state index in [9.17, 15) is 9.59 Å². The summed E-state index contributed by atoms with van der Waals surface area (Å²) >= 11 is 0. The van der Waals surface area contributed by atoms with E-state index in [1.807, 2.05) is 84.9 Å². The number of benzene rings is 4. The predicted molar refractivity (Wildman–Crippen MR) is 152 cm³/mol. The van der Waals surface area contributed by atoms with Crippen molar-refractivity contribution in [2.24, 2.45) is 0 Å². The van der Waals surface area contributed by atoms with Crippen LogP contribution < -0.4 is 4.90 Å². The van der Waals surface area contributed by atoms with Crippen LogP contribution in [0.1, 0.15) is 29.3 Å². The molecule has 0 fully saturated rings. The Kier molecular flexibility index (Phi) is 6.59. The first kappa shape index (κ1) is 24.5. The summed E-state index contributed by atoms with van der Waals surface area (Å²) in [6, 6.07) is 32.8. The second-order valence-corrected chi connectivity index (χ2v) is 9.63. The zero-order chi connectivity index (χ0) is 26.8. The van der Waals surface area contributed by atoms with Crippen LogP contribution in [0.4, 0.5) is 5.69 Å². The normalized spacial score (nSPS) is 13.5. The Bertz CT molecular complexity index is 1670. The lowest BCUT2D eigenvalue weighted by molar-refractivity contribution is -0.126. The van der Waals surface area contributed by atoms with Gasteiger partial charge in [-0.25, -0.2) is 14.8 Å². The fourth-order valence-electron chi connectivity index (χ4n) is 5.04. The number of hydrogen-bond acceptors (Lipinski definition) is 5. The van der Waals surface area contributed by atoms with Gasteiger partial charge in [0.2, 0.25) is 0 Å². The summed E-state index contributed by atoms with van der Waals surface area (Å²) in [5.74, 6) is -0.798. The van der Waals surface area contributed by atoms with Gasteiger partial charge in [-0.1, -0.05) is 78.9 Å². The van der Waals surface area contributed by atoms with Crippen LogP contribution in [0.3, 0.4) is 0 Å². The van der Waals surface area contributed by atoms with Gasteiger partial charge < -0.3 is 9.64 Å². The maximum absolute atomic E-state index is 13.2. The van der Waals surface area contributed by atoms with E-state index >= 15 is 0 Å². The highest BCUT2D eigenvalue weighted by Crippen LogP contribution is 2.31. The van der Waals surface area contributed by atoms with Crippen LogP contribution in [0, 0.1) is 0 Å². The zero-order valence-electron chi connectivity index (χ0n) is 21.6. The van der Waals surface area contributed by atoms with Gasteiger partial charge in [0.15, 0.2) is 6.10 Å². The van der Waals surface area contributed by atoms with Crippen LogP contribution in [-0.2, 0) is 16.0 Å². The molecule has 0 radical (unpaired) electrons. The van der Waals surface area contributed by atoms with Crippen LogP contribution in [0.15, 0.2) is 103 Å². The molecule has 4 aromatic carbocycles. The van der Waals surface area contributed by atoms with E-state index in [1.165, 1.54) is 0 Å². The molecule has 1 atom stereocenters. The molecule has 39 heavy (non-hydrogen) atoms.